The molecule has 0 heteroatoms. The molecule has 13 heavy (non-hydrogen) atoms. The standard InChI is InChI=1S/C13H28/c1-8-12(4,5)10-13(6,7)9-11(2)3/h11H,8-10H2,1-7H3. The molecule has 0 bridgehead atoms. The summed E-state index contributed by atoms with van der Waals surface area (Å²) in [5.74, 6) is 0.822. The van der Waals surface area contributed by atoms with E-state index in [0.717, 1.165) is 5.92 Å². The predicted molar refractivity (Wildman–Crippen MR) is 61.9 cm³/mol. The Morgan fingerprint density at radius 1 is 0.923 bits per heavy atom. The highest BCUT2D eigenvalue weighted by molar-refractivity contribution is 4.79. The Labute approximate surface area is 85.1 Å². The molecule has 0 amide bonds. The summed E-state index contributed by atoms with van der Waals surface area (Å²) in [4.78, 5) is 0. The SMILES string of the molecule is CCC(C)(C)CC(C)(C)CC(C)C. The Morgan fingerprint density at radius 2 is 1.38 bits per heavy atom. The van der Waals surface area contributed by atoms with Crippen molar-refractivity contribution in [3.8, 4) is 0 Å². The number of hydrogen-bond acceptors (Lipinski definition) is 0. The molecule has 0 unspecified atom stereocenters. The summed E-state index contributed by atoms with van der Waals surface area (Å²) in [6.07, 6.45) is 3.97. The van der Waals surface area contributed by atoms with E-state index >= 15 is 0 Å². The fourth-order valence-corrected chi connectivity index (χ4v) is 2.60. The zero-order valence-electron chi connectivity index (χ0n) is 10.7. The molecule has 0 heterocycles. The Morgan fingerprint density at radius 3 is 1.69 bits per heavy atom. The van der Waals surface area contributed by atoms with Crippen LogP contribution in [0.1, 0.15) is 67.7 Å². The Bertz CT molecular complexity index is 140. The van der Waals surface area contributed by atoms with Gasteiger partial charge < -0.3 is 0 Å². The van der Waals surface area contributed by atoms with Crippen molar-refractivity contribution in [2.75, 3.05) is 0 Å². The van der Waals surface area contributed by atoms with Gasteiger partial charge in [-0.05, 0) is 29.6 Å². The molecule has 0 atom stereocenters. The Balaban J connectivity index is 4.16. The second-order valence-corrected chi connectivity index (χ2v) is 6.46. The number of hydrogen-bond donors (Lipinski definition) is 0. The first-order valence-corrected chi connectivity index (χ1v) is 5.68. The summed E-state index contributed by atoms with van der Waals surface area (Å²) in [6, 6.07) is 0. The van der Waals surface area contributed by atoms with Crippen LogP contribution in [0, 0.1) is 16.7 Å². The topological polar surface area (TPSA) is 0 Å². The second-order valence-electron chi connectivity index (χ2n) is 6.46. The minimum absolute atomic E-state index is 0.508. The van der Waals surface area contributed by atoms with Crippen LogP contribution in [0.5, 0.6) is 0 Å². The summed E-state index contributed by atoms with van der Waals surface area (Å²) in [7, 11) is 0. The van der Waals surface area contributed by atoms with E-state index in [9.17, 15) is 0 Å². The van der Waals surface area contributed by atoms with E-state index < -0.39 is 0 Å². The Kier molecular flexibility index (Phi) is 4.48. The van der Waals surface area contributed by atoms with Crippen LogP contribution >= 0.6 is 0 Å². The lowest BCUT2D eigenvalue weighted by atomic mass is 9.70. The van der Waals surface area contributed by atoms with Crippen molar-refractivity contribution in [2.45, 2.75) is 67.7 Å². The van der Waals surface area contributed by atoms with E-state index in [-0.39, 0.29) is 0 Å². The van der Waals surface area contributed by atoms with E-state index in [2.05, 4.69) is 48.5 Å². The van der Waals surface area contributed by atoms with E-state index in [1.165, 1.54) is 19.3 Å². The lowest BCUT2D eigenvalue weighted by molar-refractivity contribution is 0.161. The smallest absolute Gasteiger partial charge is 0.0347 e. The maximum Gasteiger partial charge on any atom is -0.0347 e. The van der Waals surface area contributed by atoms with E-state index in [4.69, 9.17) is 0 Å². The van der Waals surface area contributed by atoms with Crippen molar-refractivity contribution >= 4 is 0 Å². The van der Waals surface area contributed by atoms with Crippen LogP contribution in [-0.4, -0.2) is 0 Å². The lowest BCUT2D eigenvalue weighted by Gasteiger charge is -2.35. The monoisotopic (exact) mass is 184 g/mol. The minimum atomic E-state index is 0.508. The minimum Gasteiger partial charge on any atom is -0.0649 e. The van der Waals surface area contributed by atoms with Gasteiger partial charge in [-0.25, -0.2) is 0 Å². The fourth-order valence-electron chi connectivity index (χ4n) is 2.60. The van der Waals surface area contributed by atoms with Gasteiger partial charge in [0.15, 0.2) is 0 Å². The molecule has 0 aromatic rings. The van der Waals surface area contributed by atoms with E-state index in [0.29, 0.717) is 10.8 Å². The highest BCUT2D eigenvalue weighted by Crippen LogP contribution is 2.39. The van der Waals surface area contributed by atoms with Crippen molar-refractivity contribution < 1.29 is 0 Å². The van der Waals surface area contributed by atoms with Crippen molar-refractivity contribution in [1.29, 1.82) is 0 Å². The Hall–Kier alpha value is 0. The molecule has 0 aromatic heterocycles. The van der Waals surface area contributed by atoms with Crippen molar-refractivity contribution in [3.63, 3.8) is 0 Å². The van der Waals surface area contributed by atoms with Crippen LogP contribution in [0.3, 0.4) is 0 Å². The van der Waals surface area contributed by atoms with Crippen molar-refractivity contribution in [1.82, 2.24) is 0 Å². The average Bonchev–Trinajstić information content (AvgIpc) is 1.81. The normalized spacial score (nSPS) is 13.8. The first-order valence-electron chi connectivity index (χ1n) is 5.68. The van der Waals surface area contributed by atoms with Gasteiger partial charge in [-0.15, -0.1) is 0 Å². The molecule has 0 aromatic carbocycles. The van der Waals surface area contributed by atoms with Gasteiger partial charge >= 0.3 is 0 Å². The second kappa shape index (κ2) is 4.48. The molecular formula is C13H28. The van der Waals surface area contributed by atoms with Gasteiger partial charge in [0.05, 0.1) is 0 Å². The van der Waals surface area contributed by atoms with Crippen LogP contribution in [0.2, 0.25) is 0 Å². The van der Waals surface area contributed by atoms with Gasteiger partial charge in [-0.2, -0.15) is 0 Å². The maximum absolute atomic E-state index is 2.41. The van der Waals surface area contributed by atoms with Gasteiger partial charge in [-0.1, -0.05) is 54.9 Å². The molecule has 0 fully saturated rings. The van der Waals surface area contributed by atoms with Crippen LogP contribution in [0.15, 0.2) is 0 Å². The lowest BCUT2D eigenvalue weighted by Crippen LogP contribution is -2.24. The first kappa shape index (κ1) is 13.0. The quantitative estimate of drug-likeness (QED) is 0.571. The van der Waals surface area contributed by atoms with Gasteiger partial charge in [0.1, 0.15) is 0 Å². The molecule has 0 aliphatic carbocycles. The molecule has 0 N–H and O–H groups in total. The predicted octanol–water partition coefficient (Wildman–Crippen LogP) is 4.89. The van der Waals surface area contributed by atoms with E-state index in [1.807, 2.05) is 0 Å². The van der Waals surface area contributed by atoms with Crippen molar-refractivity contribution in [2.24, 2.45) is 16.7 Å². The molecule has 0 aliphatic heterocycles. The molecule has 0 rings (SSSR count). The average molecular weight is 184 g/mol. The van der Waals surface area contributed by atoms with E-state index in [1.54, 1.807) is 0 Å². The summed E-state index contributed by atoms with van der Waals surface area (Å²) in [6.45, 7) is 16.5. The van der Waals surface area contributed by atoms with Gasteiger partial charge in [-0.3, -0.25) is 0 Å². The molecule has 0 saturated carbocycles. The first-order chi connectivity index (χ1) is 5.68. The zero-order valence-corrected chi connectivity index (χ0v) is 10.7. The summed E-state index contributed by atoms with van der Waals surface area (Å²) in [5.41, 5.74) is 1.02. The summed E-state index contributed by atoms with van der Waals surface area (Å²) >= 11 is 0. The zero-order chi connectivity index (χ0) is 10.7. The van der Waals surface area contributed by atoms with Crippen molar-refractivity contribution in [3.05, 3.63) is 0 Å². The molecule has 0 aliphatic rings. The molecule has 0 spiro atoms. The maximum atomic E-state index is 2.41. The fraction of sp³-hybridized carbons (Fsp3) is 1.00. The molecule has 0 saturated heterocycles. The highest BCUT2D eigenvalue weighted by atomic mass is 14.3. The van der Waals surface area contributed by atoms with Crippen LogP contribution in [-0.2, 0) is 0 Å². The van der Waals surface area contributed by atoms with Crippen LogP contribution in [0.25, 0.3) is 0 Å². The highest BCUT2D eigenvalue weighted by Gasteiger charge is 2.27. The van der Waals surface area contributed by atoms with Crippen LogP contribution < -0.4 is 0 Å². The molecule has 80 valence electrons. The van der Waals surface area contributed by atoms with Crippen LogP contribution in [0.4, 0.5) is 0 Å². The van der Waals surface area contributed by atoms with Gasteiger partial charge in [0, 0.05) is 0 Å². The number of rotatable bonds is 5. The van der Waals surface area contributed by atoms with Gasteiger partial charge in [0.25, 0.3) is 0 Å². The van der Waals surface area contributed by atoms with Gasteiger partial charge in [0.2, 0.25) is 0 Å². The molecular weight excluding hydrogens is 156 g/mol. The third-order valence-electron chi connectivity index (χ3n) is 2.88. The summed E-state index contributed by atoms with van der Waals surface area (Å²) < 4.78 is 0. The largest absolute Gasteiger partial charge is 0.0649 e. The molecule has 0 nitrogen and oxygen atoms in total. The third kappa shape index (κ3) is 6.12. The molecule has 0 radical (unpaired) electrons. The summed E-state index contributed by atoms with van der Waals surface area (Å²) in [5, 5.41) is 0. The third-order valence-corrected chi connectivity index (χ3v) is 2.88.